The summed E-state index contributed by atoms with van der Waals surface area (Å²) in [5.74, 6) is -1.14. The van der Waals surface area contributed by atoms with Gasteiger partial charge in [-0.3, -0.25) is 0 Å². The molecular weight excluding hydrogens is 206 g/mol. The Morgan fingerprint density at radius 1 is 1.83 bits per heavy atom. The van der Waals surface area contributed by atoms with E-state index in [9.17, 15) is 9.00 Å². The molecule has 1 unspecified atom stereocenters. The van der Waals surface area contributed by atoms with Crippen molar-refractivity contribution in [3.05, 3.63) is 11.3 Å². The largest absolute Gasteiger partial charge is 0.479 e. The summed E-state index contributed by atoms with van der Waals surface area (Å²) in [7, 11) is -1.48. The first kappa shape index (κ1) is 9.21. The van der Waals surface area contributed by atoms with E-state index < -0.39 is 23.4 Å². The fourth-order valence-electron chi connectivity index (χ4n) is 0.500. The number of ether oxygens (including phenoxy) is 1. The third-order valence-electron chi connectivity index (χ3n) is 0.915. The van der Waals surface area contributed by atoms with Gasteiger partial charge in [-0.05, 0) is 0 Å². The van der Waals surface area contributed by atoms with Gasteiger partial charge in [0, 0.05) is 0 Å². The molecule has 0 saturated heterocycles. The highest BCUT2D eigenvalue weighted by molar-refractivity contribution is 8.06. The van der Waals surface area contributed by atoms with Crippen molar-refractivity contribution in [1.29, 1.82) is 0 Å². The molecule has 0 aromatic carbocycles. The van der Waals surface area contributed by atoms with Gasteiger partial charge >= 0.3 is 5.97 Å². The summed E-state index contributed by atoms with van der Waals surface area (Å²) < 4.78 is 15.3. The second-order valence-corrected chi connectivity index (χ2v) is 3.60. The van der Waals surface area contributed by atoms with E-state index in [0.717, 1.165) is 5.41 Å². The van der Waals surface area contributed by atoms with Crippen LogP contribution in [0.3, 0.4) is 0 Å². The standard InChI is InChI=1S/C5H4ClNO4S/c6-5-7-3(2-12(5)10)11-1-4(8)9/h2H,1H2,(H,8,9). The Hall–Kier alpha value is -0.880. The lowest BCUT2D eigenvalue weighted by Gasteiger charge is -1.97. The maximum Gasteiger partial charge on any atom is 0.341 e. The minimum absolute atomic E-state index is 0.0132. The molecule has 1 aliphatic rings. The first-order valence-electron chi connectivity index (χ1n) is 2.81. The minimum atomic E-state index is -1.48. The maximum atomic E-state index is 10.8. The fraction of sp³-hybridized carbons (Fsp3) is 0.200. The first-order valence-corrected chi connectivity index (χ1v) is 4.40. The topological polar surface area (TPSA) is 76.0 Å². The van der Waals surface area contributed by atoms with E-state index in [1.165, 1.54) is 0 Å². The summed E-state index contributed by atoms with van der Waals surface area (Å²) in [4.78, 5) is 13.5. The first-order chi connectivity index (χ1) is 5.59. The van der Waals surface area contributed by atoms with E-state index in [2.05, 4.69) is 9.73 Å². The van der Waals surface area contributed by atoms with Crippen LogP contribution in [0, 0.1) is 0 Å². The van der Waals surface area contributed by atoms with E-state index in [-0.39, 0.29) is 10.4 Å². The molecule has 0 aromatic heterocycles. The van der Waals surface area contributed by atoms with Crippen molar-refractivity contribution in [3.63, 3.8) is 0 Å². The Morgan fingerprint density at radius 3 is 2.92 bits per heavy atom. The number of carboxylic acids is 1. The lowest BCUT2D eigenvalue weighted by Crippen LogP contribution is -2.05. The molecule has 0 saturated carbocycles. The van der Waals surface area contributed by atoms with Crippen LogP contribution in [0.25, 0.3) is 0 Å². The van der Waals surface area contributed by atoms with Crippen molar-refractivity contribution in [2.45, 2.75) is 0 Å². The maximum absolute atomic E-state index is 10.8. The zero-order chi connectivity index (χ0) is 9.14. The number of aliphatic imine (C=N–C) groups is 1. The van der Waals surface area contributed by atoms with Crippen molar-refractivity contribution in [2.75, 3.05) is 6.61 Å². The molecule has 0 amide bonds. The summed E-state index contributed by atoms with van der Waals surface area (Å²) in [6.07, 6.45) is 0. The Morgan fingerprint density at radius 2 is 2.50 bits per heavy atom. The number of hydrogen-bond donors (Lipinski definition) is 1. The van der Waals surface area contributed by atoms with E-state index in [0.29, 0.717) is 0 Å². The Balaban J connectivity index is 2.51. The predicted octanol–water partition coefficient (Wildman–Crippen LogP) is 0.244. The smallest absolute Gasteiger partial charge is 0.341 e. The highest BCUT2D eigenvalue weighted by Gasteiger charge is 2.15. The van der Waals surface area contributed by atoms with Crippen LogP contribution < -0.4 is 0 Å². The van der Waals surface area contributed by atoms with Gasteiger partial charge in [0.05, 0.1) is 5.41 Å². The van der Waals surface area contributed by atoms with Gasteiger partial charge in [0.15, 0.2) is 6.61 Å². The van der Waals surface area contributed by atoms with E-state index >= 15 is 0 Å². The van der Waals surface area contributed by atoms with Crippen LogP contribution in [0.4, 0.5) is 0 Å². The summed E-state index contributed by atoms with van der Waals surface area (Å²) in [5.41, 5.74) is 0. The van der Waals surface area contributed by atoms with Crippen LogP contribution in [-0.4, -0.2) is 26.4 Å². The Bertz CT molecular complexity index is 298. The normalized spacial score (nSPS) is 21.6. The minimum Gasteiger partial charge on any atom is -0.479 e. The highest BCUT2D eigenvalue weighted by atomic mass is 35.5. The molecule has 0 bridgehead atoms. The van der Waals surface area contributed by atoms with Crippen molar-refractivity contribution in [2.24, 2.45) is 4.99 Å². The number of hydrogen-bond acceptors (Lipinski definition) is 4. The van der Waals surface area contributed by atoms with E-state index in [4.69, 9.17) is 16.7 Å². The monoisotopic (exact) mass is 209 g/mol. The molecule has 7 heteroatoms. The zero-order valence-electron chi connectivity index (χ0n) is 5.69. The Labute approximate surface area is 75.1 Å². The molecule has 0 fully saturated rings. The average molecular weight is 210 g/mol. The molecule has 5 nitrogen and oxygen atoms in total. The summed E-state index contributed by atoms with van der Waals surface area (Å²) in [6.45, 7) is -0.517. The van der Waals surface area contributed by atoms with E-state index in [1.807, 2.05) is 0 Å². The molecule has 1 atom stereocenters. The molecule has 1 rings (SSSR count). The quantitative estimate of drug-likeness (QED) is 0.723. The van der Waals surface area contributed by atoms with Crippen molar-refractivity contribution >= 4 is 32.9 Å². The van der Waals surface area contributed by atoms with Crippen LogP contribution in [0.1, 0.15) is 0 Å². The third-order valence-corrected chi connectivity index (χ3v) is 2.30. The van der Waals surface area contributed by atoms with Crippen LogP contribution in [0.2, 0.25) is 0 Å². The molecule has 0 aliphatic carbocycles. The number of halogens is 1. The van der Waals surface area contributed by atoms with Crippen LogP contribution in [0.5, 0.6) is 0 Å². The lowest BCUT2D eigenvalue weighted by molar-refractivity contribution is -0.140. The summed E-state index contributed by atoms with van der Waals surface area (Å²) in [6, 6.07) is 0. The van der Waals surface area contributed by atoms with Crippen LogP contribution >= 0.6 is 11.6 Å². The number of rotatable bonds is 3. The third kappa shape index (κ3) is 2.31. The van der Waals surface area contributed by atoms with Gasteiger partial charge in [-0.1, -0.05) is 11.6 Å². The lowest BCUT2D eigenvalue weighted by atomic mass is 10.7. The van der Waals surface area contributed by atoms with Gasteiger partial charge in [-0.2, -0.15) is 4.99 Å². The van der Waals surface area contributed by atoms with Crippen molar-refractivity contribution in [1.82, 2.24) is 0 Å². The number of carboxylic acid groups (broad SMARTS) is 1. The number of carbonyl (C=O) groups is 1. The zero-order valence-corrected chi connectivity index (χ0v) is 7.26. The fourth-order valence-corrected chi connectivity index (χ4v) is 1.30. The number of aliphatic carboxylic acids is 1. The van der Waals surface area contributed by atoms with E-state index in [1.54, 1.807) is 0 Å². The molecule has 66 valence electrons. The van der Waals surface area contributed by atoms with Crippen LogP contribution in [-0.2, 0) is 20.3 Å². The molecule has 0 spiro atoms. The molecular formula is C5H4ClNO4S. The van der Waals surface area contributed by atoms with Crippen LogP contribution in [0.15, 0.2) is 16.3 Å². The molecule has 1 aliphatic heterocycles. The van der Waals surface area contributed by atoms with Gasteiger partial charge < -0.3 is 9.84 Å². The van der Waals surface area contributed by atoms with Crippen molar-refractivity contribution in [3.8, 4) is 0 Å². The average Bonchev–Trinajstić information content (AvgIpc) is 2.28. The van der Waals surface area contributed by atoms with Crippen molar-refractivity contribution < 1.29 is 18.8 Å². The second kappa shape index (κ2) is 3.68. The molecule has 1 heterocycles. The predicted molar refractivity (Wildman–Crippen MR) is 43.1 cm³/mol. The SMILES string of the molecule is O=C(O)COC1=CS(=O)C(Cl)=N1. The van der Waals surface area contributed by atoms with Gasteiger partial charge in [0.25, 0.3) is 0 Å². The Kier molecular flexibility index (Phi) is 2.83. The number of nitrogens with zero attached hydrogens (tertiary/aromatic N) is 1. The summed E-state index contributed by atoms with van der Waals surface area (Å²) >= 11 is 5.34. The van der Waals surface area contributed by atoms with Gasteiger partial charge in [-0.15, -0.1) is 0 Å². The van der Waals surface area contributed by atoms with Gasteiger partial charge in [-0.25, -0.2) is 9.00 Å². The summed E-state index contributed by atoms with van der Waals surface area (Å²) in [5, 5.41) is 9.34. The van der Waals surface area contributed by atoms with Gasteiger partial charge in [0.1, 0.15) is 10.8 Å². The molecule has 1 N–H and O–H groups in total. The molecule has 0 aromatic rings. The molecule has 12 heavy (non-hydrogen) atoms. The second-order valence-electron chi connectivity index (χ2n) is 1.80. The highest BCUT2D eigenvalue weighted by Crippen LogP contribution is 2.13. The molecule has 0 radical (unpaired) electrons. The van der Waals surface area contributed by atoms with Gasteiger partial charge in [0.2, 0.25) is 10.4 Å².